The highest BCUT2D eigenvalue weighted by Crippen LogP contribution is 2.29. The molecule has 2 saturated heterocycles. The quantitative estimate of drug-likeness (QED) is 0.429. The van der Waals surface area contributed by atoms with Crippen molar-refractivity contribution in [1.29, 1.82) is 5.26 Å². The Morgan fingerprint density at radius 1 is 1.00 bits per heavy atom. The third-order valence-corrected chi connectivity index (χ3v) is 7.21. The van der Waals surface area contributed by atoms with Crippen LogP contribution in [0.1, 0.15) is 18.9 Å². The Labute approximate surface area is 214 Å². The van der Waals surface area contributed by atoms with Crippen molar-refractivity contribution in [1.82, 2.24) is 39.2 Å². The summed E-state index contributed by atoms with van der Waals surface area (Å²) >= 11 is 0. The fraction of sp³-hybridized carbons (Fsp3) is 0.385. The normalized spacial score (nSPS) is 18.0. The first kappa shape index (κ1) is 23.0. The molecule has 2 aliphatic heterocycles. The van der Waals surface area contributed by atoms with Gasteiger partial charge in [-0.25, -0.2) is 19.3 Å². The fourth-order valence-corrected chi connectivity index (χ4v) is 5.14. The molecule has 0 bridgehead atoms. The number of pyridine rings is 1. The van der Waals surface area contributed by atoms with Crippen LogP contribution in [-0.4, -0.2) is 84.5 Å². The van der Waals surface area contributed by atoms with Gasteiger partial charge in [0, 0.05) is 69.8 Å². The molecule has 0 unspecified atom stereocenters. The second-order valence-corrected chi connectivity index (χ2v) is 9.84. The molecular formula is C26H28N10O. The molecule has 6 rings (SSSR count). The number of carbonyl (C=O) groups excluding carboxylic acids is 1. The summed E-state index contributed by atoms with van der Waals surface area (Å²) in [5, 5.41) is 18.3. The summed E-state index contributed by atoms with van der Waals surface area (Å²) in [6, 6.07) is 6.34. The highest BCUT2D eigenvalue weighted by atomic mass is 16.2. The van der Waals surface area contributed by atoms with Gasteiger partial charge >= 0.3 is 6.03 Å². The van der Waals surface area contributed by atoms with E-state index in [-0.39, 0.29) is 6.03 Å². The molecule has 188 valence electrons. The van der Waals surface area contributed by atoms with Crippen LogP contribution in [0.4, 0.5) is 10.6 Å². The van der Waals surface area contributed by atoms with Crippen LogP contribution in [-0.2, 0) is 7.05 Å². The van der Waals surface area contributed by atoms with Crippen molar-refractivity contribution in [2.45, 2.75) is 13.3 Å². The molecule has 0 radical (unpaired) electrons. The Bertz CT molecular complexity index is 1490. The number of hydrogen-bond acceptors (Lipinski definition) is 7. The number of fused-ring (bicyclic) bond motifs is 1. The molecule has 2 fully saturated rings. The van der Waals surface area contributed by atoms with E-state index in [9.17, 15) is 10.1 Å². The van der Waals surface area contributed by atoms with Crippen molar-refractivity contribution < 1.29 is 4.79 Å². The van der Waals surface area contributed by atoms with Gasteiger partial charge in [-0.15, -0.1) is 0 Å². The number of rotatable bonds is 3. The minimum absolute atomic E-state index is 0.157. The van der Waals surface area contributed by atoms with Crippen molar-refractivity contribution in [3.8, 4) is 28.6 Å². The van der Waals surface area contributed by atoms with Crippen molar-refractivity contribution in [3.05, 3.63) is 48.7 Å². The SMILES string of the molecule is C[C@H]1CCN(C(=O)N2CCN(c3ccc(-c4nc(-c5cnn(C)c5)cn5ncc(C#N)c45)cn3)CC2)C1. The van der Waals surface area contributed by atoms with E-state index in [1.165, 1.54) is 0 Å². The Hall–Kier alpha value is -4.46. The summed E-state index contributed by atoms with van der Waals surface area (Å²) in [5.41, 5.74) is 4.12. The van der Waals surface area contributed by atoms with Gasteiger partial charge in [0.2, 0.25) is 0 Å². The van der Waals surface area contributed by atoms with E-state index in [0.717, 1.165) is 49.5 Å². The summed E-state index contributed by atoms with van der Waals surface area (Å²) in [7, 11) is 1.86. The van der Waals surface area contributed by atoms with Crippen molar-refractivity contribution in [2.75, 3.05) is 44.2 Å². The lowest BCUT2D eigenvalue weighted by Crippen LogP contribution is -2.52. The molecule has 2 aliphatic rings. The summed E-state index contributed by atoms with van der Waals surface area (Å²) < 4.78 is 3.41. The molecule has 0 aromatic carbocycles. The van der Waals surface area contributed by atoms with E-state index in [1.807, 2.05) is 41.4 Å². The summed E-state index contributed by atoms with van der Waals surface area (Å²) in [6.45, 7) is 6.76. The monoisotopic (exact) mass is 496 g/mol. The number of amides is 2. The van der Waals surface area contributed by atoms with Crippen LogP contribution in [0, 0.1) is 17.2 Å². The molecule has 0 N–H and O–H groups in total. The maximum atomic E-state index is 12.8. The molecular weight excluding hydrogens is 468 g/mol. The van der Waals surface area contributed by atoms with Gasteiger partial charge in [-0.05, 0) is 24.5 Å². The van der Waals surface area contributed by atoms with Crippen LogP contribution in [0.5, 0.6) is 0 Å². The number of piperazine rings is 1. The predicted molar refractivity (Wildman–Crippen MR) is 138 cm³/mol. The van der Waals surface area contributed by atoms with Crippen molar-refractivity contribution in [3.63, 3.8) is 0 Å². The third kappa shape index (κ3) is 4.24. The topological polar surface area (TPSA) is 111 Å². The fourth-order valence-electron chi connectivity index (χ4n) is 5.14. The smallest absolute Gasteiger partial charge is 0.320 e. The minimum atomic E-state index is 0.157. The number of aromatic nitrogens is 6. The van der Waals surface area contributed by atoms with Gasteiger partial charge in [0.25, 0.3) is 0 Å². The molecule has 0 aliphatic carbocycles. The molecule has 37 heavy (non-hydrogen) atoms. The van der Waals surface area contributed by atoms with E-state index in [4.69, 9.17) is 9.97 Å². The van der Waals surface area contributed by atoms with Crippen molar-refractivity contribution >= 4 is 17.4 Å². The number of carbonyl (C=O) groups is 1. The van der Waals surface area contributed by atoms with Gasteiger partial charge in [-0.2, -0.15) is 15.5 Å². The molecule has 11 nitrogen and oxygen atoms in total. The summed E-state index contributed by atoms with van der Waals surface area (Å²) in [4.78, 5) is 28.6. The van der Waals surface area contributed by atoms with Crippen LogP contribution in [0.25, 0.3) is 28.0 Å². The Balaban J connectivity index is 1.23. The maximum absolute atomic E-state index is 12.8. The molecule has 1 atom stereocenters. The molecule has 11 heteroatoms. The number of urea groups is 1. The molecule has 6 heterocycles. The molecule has 4 aromatic heterocycles. The van der Waals surface area contributed by atoms with E-state index < -0.39 is 0 Å². The standard InChI is InChI=1S/C26H28N10O/c1-18-5-6-35(15-18)26(37)34-9-7-33(8-10-34)23-4-3-19(12-28-23)24-25-20(11-27)13-30-36(25)17-22(31-24)21-14-29-32(2)16-21/h3-4,12-14,16-18H,5-10,15H2,1-2H3/t18-/m0/s1. The van der Waals surface area contributed by atoms with Crippen molar-refractivity contribution in [2.24, 2.45) is 13.0 Å². The Morgan fingerprint density at radius 2 is 1.84 bits per heavy atom. The number of likely N-dealkylation sites (tertiary alicyclic amines) is 1. The molecule has 4 aromatic rings. The summed E-state index contributed by atoms with van der Waals surface area (Å²) in [6.07, 6.45) is 9.89. The predicted octanol–water partition coefficient (Wildman–Crippen LogP) is 2.65. The van der Waals surface area contributed by atoms with Crippen LogP contribution in [0.2, 0.25) is 0 Å². The van der Waals surface area contributed by atoms with Crippen LogP contribution in [0.15, 0.2) is 43.1 Å². The zero-order valence-electron chi connectivity index (χ0n) is 20.9. The average Bonchev–Trinajstić information content (AvgIpc) is 3.67. The second kappa shape index (κ2) is 9.20. The highest BCUT2D eigenvalue weighted by molar-refractivity contribution is 5.83. The van der Waals surface area contributed by atoms with Crippen LogP contribution < -0.4 is 4.90 Å². The molecule has 0 spiro atoms. The van der Waals surface area contributed by atoms with Crippen LogP contribution >= 0.6 is 0 Å². The first-order valence-electron chi connectivity index (χ1n) is 12.5. The van der Waals surface area contributed by atoms with Crippen LogP contribution in [0.3, 0.4) is 0 Å². The lowest BCUT2D eigenvalue weighted by Gasteiger charge is -2.37. The average molecular weight is 497 g/mol. The zero-order valence-corrected chi connectivity index (χ0v) is 20.9. The Kier molecular flexibility index (Phi) is 5.71. The first-order chi connectivity index (χ1) is 18.0. The van der Waals surface area contributed by atoms with Gasteiger partial charge in [-0.3, -0.25) is 4.68 Å². The van der Waals surface area contributed by atoms with Gasteiger partial charge in [0.05, 0.1) is 30.0 Å². The maximum Gasteiger partial charge on any atom is 0.320 e. The van der Waals surface area contributed by atoms with Gasteiger partial charge in [-0.1, -0.05) is 6.92 Å². The Morgan fingerprint density at radius 3 is 2.49 bits per heavy atom. The number of aryl methyl sites for hydroxylation is 1. The first-order valence-corrected chi connectivity index (χ1v) is 12.5. The van der Waals surface area contributed by atoms with E-state index in [2.05, 4.69) is 28.1 Å². The number of anilines is 1. The van der Waals surface area contributed by atoms with E-state index >= 15 is 0 Å². The van der Waals surface area contributed by atoms with E-state index in [0.29, 0.717) is 41.5 Å². The van der Waals surface area contributed by atoms with Gasteiger partial charge < -0.3 is 14.7 Å². The number of hydrogen-bond donors (Lipinski definition) is 0. The second-order valence-electron chi connectivity index (χ2n) is 9.84. The highest BCUT2D eigenvalue weighted by Gasteiger charge is 2.29. The number of nitrogens with zero attached hydrogens (tertiary/aromatic N) is 10. The molecule has 2 amide bonds. The minimum Gasteiger partial charge on any atom is -0.353 e. The lowest BCUT2D eigenvalue weighted by molar-refractivity contribution is 0.158. The molecule has 0 saturated carbocycles. The zero-order chi connectivity index (χ0) is 25.5. The largest absolute Gasteiger partial charge is 0.353 e. The summed E-state index contributed by atoms with van der Waals surface area (Å²) in [5.74, 6) is 1.44. The van der Waals surface area contributed by atoms with E-state index in [1.54, 1.807) is 27.8 Å². The third-order valence-electron chi connectivity index (χ3n) is 7.21. The lowest BCUT2D eigenvalue weighted by atomic mass is 10.1. The number of nitriles is 1. The van der Waals surface area contributed by atoms with Gasteiger partial charge in [0.1, 0.15) is 23.0 Å². The van der Waals surface area contributed by atoms with Gasteiger partial charge in [0.15, 0.2) is 0 Å².